The number of ether oxygens (including phenoxy) is 1. The molecule has 1 saturated heterocycles. The van der Waals surface area contributed by atoms with Gasteiger partial charge in [0.15, 0.2) is 0 Å². The van der Waals surface area contributed by atoms with Gasteiger partial charge in [-0.3, -0.25) is 0 Å². The number of hydrogen-bond donors (Lipinski definition) is 1. The Morgan fingerprint density at radius 3 is 2.67 bits per heavy atom. The molecule has 0 aromatic carbocycles. The van der Waals surface area contributed by atoms with E-state index in [9.17, 15) is 5.11 Å². The summed E-state index contributed by atoms with van der Waals surface area (Å²) < 4.78 is 5.34. The van der Waals surface area contributed by atoms with Crippen molar-refractivity contribution >= 4 is 0 Å². The minimum absolute atomic E-state index is 0.0491. The van der Waals surface area contributed by atoms with Crippen molar-refractivity contribution in [1.82, 2.24) is 0 Å². The molecule has 1 rings (SSSR count). The highest BCUT2D eigenvalue weighted by molar-refractivity contribution is 4.85. The van der Waals surface area contributed by atoms with Crippen LogP contribution < -0.4 is 0 Å². The molecule has 15 heavy (non-hydrogen) atoms. The second-order valence-electron chi connectivity index (χ2n) is 5.51. The minimum atomic E-state index is -0.197. The van der Waals surface area contributed by atoms with E-state index in [1.807, 2.05) is 0 Å². The van der Waals surface area contributed by atoms with E-state index in [4.69, 9.17) is 4.74 Å². The molecule has 0 bridgehead atoms. The fraction of sp³-hybridized carbons (Fsp3) is 1.00. The van der Waals surface area contributed by atoms with Gasteiger partial charge in [-0.2, -0.15) is 0 Å². The van der Waals surface area contributed by atoms with Crippen molar-refractivity contribution < 1.29 is 9.84 Å². The fourth-order valence-corrected chi connectivity index (χ4v) is 2.42. The van der Waals surface area contributed by atoms with Crippen LogP contribution in [0.15, 0.2) is 0 Å². The Hall–Kier alpha value is -0.0800. The number of hydrogen-bond acceptors (Lipinski definition) is 2. The van der Waals surface area contributed by atoms with Crippen LogP contribution >= 0.6 is 0 Å². The van der Waals surface area contributed by atoms with Gasteiger partial charge in [-0.1, -0.05) is 40.0 Å². The van der Waals surface area contributed by atoms with Crippen LogP contribution in [0.25, 0.3) is 0 Å². The molecule has 0 radical (unpaired) electrons. The summed E-state index contributed by atoms with van der Waals surface area (Å²) >= 11 is 0. The predicted octanol–water partition coefficient (Wildman–Crippen LogP) is 2.99. The van der Waals surface area contributed by atoms with Gasteiger partial charge in [-0.05, 0) is 18.3 Å². The maximum Gasteiger partial charge on any atom is 0.0642 e. The summed E-state index contributed by atoms with van der Waals surface area (Å²) in [7, 11) is 0. The SMILES string of the molecule is CCCCCC(C)(C)C(O)C1CCOC1. The van der Waals surface area contributed by atoms with Crippen LogP contribution in [0.2, 0.25) is 0 Å². The van der Waals surface area contributed by atoms with E-state index in [-0.39, 0.29) is 11.5 Å². The molecule has 0 aromatic heterocycles. The summed E-state index contributed by atoms with van der Waals surface area (Å²) in [6.45, 7) is 8.16. The van der Waals surface area contributed by atoms with Gasteiger partial charge < -0.3 is 9.84 Å². The molecule has 1 aliphatic heterocycles. The van der Waals surface area contributed by atoms with Crippen LogP contribution in [0.3, 0.4) is 0 Å². The Morgan fingerprint density at radius 2 is 2.13 bits per heavy atom. The maximum atomic E-state index is 10.3. The number of aliphatic hydroxyl groups excluding tert-OH is 1. The van der Waals surface area contributed by atoms with Crippen molar-refractivity contribution in [1.29, 1.82) is 0 Å². The first-order valence-electron chi connectivity index (χ1n) is 6.33. The molecular weight excluding hydrogens is 188 g/mol. The Morgan fingerprint density at radius 1 is 1.40 bits per heavy atom. The highest BCUT2D eigenvalue weighted by Crippen LogP contribution is 2.34. The lowest BCUT2D eigenvalue weighted by atomic mass is 9.76. The lowest BCUT2D eigenvalue weighted by Crippen LogP contribution is -2.36. The van der Waals surface area contributed by atoms with E-state index in [0.717, 1.165) is 26.1 Å². The molecule has 1 aliphatic rings. The molecule has 0 saturated carbocycles. The van der Waals surface area contributed by atoms with Crippen LogP contribution in [-0.2, 0) is 4.74 Å². The zero-order chi connectivity index (χ0) is 11.3. The third-order valence-electron chi connectivity index (χ3n) is 3.64. The van der Waals surface area contributed by atoms with Gasteiger partial charge in [0.1, 0.15) is 0 Å². The molecule has 0 aliphatic carbocycles. The van der Waals surface area contributed by atoms with Crippen molar-refractivity contribution in [3.8, 4) is 0 Å². The van der Waals surface area contributed by atoms with Crippen LogP contribution in [0.5, 0.6) is 0 Å². The highest BCUT2D eigenvalue weighted by Gasteiger charge is 2.35. The Balaban J connectivity index is 2.36. The van der Waals surface area contributed by atoms with Crippen molar-refractivity contribution in [2.45, 2.75) is 59.0 Å². The van der Waals surface area contributed by atoms with Gasteiger partial charge in [-0.15, -0.1) is 0 Å². The van der Waals surface area contributed by atoms with Gasteiger partial charge >= 0.3 is 0 Å². The molecule has 2 unspecified atom stereocenters. The van der Waals surface area contributed by atoms with Gasteiger partial charge in [0.05, 0.1) is 12.7 Å². The zero-order valence-corrected chi connectivity index (χ0v) is 10.5. The largest absolute Gasteiger partial charge is 0.392 e. The molecule has 90 valence electrons. The summed E-state index contributed by atoms with van der Waals surface area (Å²) in [6, 6.07) is 0. The van der Waals surface area contributed by atoms with Crippen LogP contribution in [0.4, 0.5) is 0 Å². The van der Waals surface area contributed by atoms with Gasteiger partial charge in [0.25, 0.3) is 0 Å². The smallest absolute Gasteiger partial charge is 0.0642 e. The quantitative estimate of drug-likeness (QED) is 0.689. The van der Waals surface area contributed by atoms with Gasteiger partial charge in [0, 0.05) is 12.5 Å². The number of aliphatic hydroxyl groups is 1. The average molecular weight is 214 g/mol. The number of unbranched alkanes of at least 4 members (excludes halogenated alkanes) is 2. The van der Waals surface area contributed by atoms with E-state index >= 15 is 0 Å². The summed E-state index contributed by atoms with van der Waals surface area (Å²) in [4.78, 5) is 0. The third-order valence-corrected chi connectivity index (χ3v) is 3.64. The van der Waals surface area contributed by atoms with Crippen molar-refractivity contribution in [2.75, 3.05) is 13.2 Å². The summed E-state index contributed by atoms with van der Waals surface area (Å²) in [5.41, 5.74) is 0.0491. The Kier molecular flexibility index (Phi) is 5.07. The standard InChI is InChI=1S/C13H26O2/c1-4-5-6-8-13(2,3)12(14)11-7-9-15-10-11/h11-12,14H,4-10H2,1-3H3. The molecule has 1 N–H and O–H groups in total. The molecule has 1 heterocycles. The monoisotopic (exact) mass is 214 g/mol. The molecule has 1 fully saturated rings. The fourth-order valence-electron chi connectivity index (χ4n) is 2.42. The first-order valence-corrected chi connectivity index (χ1v) is 6.33. The molecular formula is C13H26O2. The lowest BCUT2D eigenvalue weighted by molar-refractivity contribution is -0.00796. The summed E-state index contributed by atoms with van der Waals surface area (Å²) in [5.74, 6) is 0.363. The zero-order valence-electron chi connectivity index (χ0n) is 10.5. The second-order valence-corrected chi connectivity index (χ2v) is 5.51. The van der Waals surface area contributed by atoms with Gasteiger partial charge in [-0.25, -0.2) is 0 Å². The third kappa shape index (κ3) is 3.76. The van der Waals surface area contributed by atoms with E-state index in [2.05, 4.69) is 20.8 Å². The first-order chi connectivity index (χ1) is 7.08. The first kappa shape index (κ1) is 13.0. The van der Waals surface area contributed by atoms with Crippen molar-refractivity contribution in [3.63, 3.8) is 0 Å². The van der Waals surface area contributed by atoms with Crippen LogP contribution in [0.1, 0.15) is 52.9 Å². The van der Waals surface area contributed by atoms with E-state index in [0.29, 0.717) is 5.92 Å². The van der Waals surface area contributed by atoms with E-state index < -0.39 is 0 Å². The topological polar surface area (TPSA) is 29.5 Å². The second kappa shape index (κ2) is 5.86. The Bertz CT molecular complexity index is 171. The highest BCUT2D eigenvalue weighted by atomic mass is 16.5. The van der Waals surface area contributed by atoms with Crippen LogP contribution in [0, 0.1) is 11.3 Å². The normalized spacial score (nSPS) is 24.4. The molecule has 2 nitrogen and oxygen atoms in total. The summed E-state index contributed by atoms with van der Waals surface area (Å²) in [6.07, 6.45) is 5.71. The molecule has 2 atom stereocenters. The van der Waals surface area contributed by atoms with Crippen LogP contribution in [-0.4, -0.2) is 24.4 Å². The maximum absolute atomic E-state index is 10.3. The predicted molar refractivity (Wildman–Crippen MR) is 62.9 cm³/mol. The molecule has 0 amide bonds. The van der Waals surface area contributed by atoms with E-state index in [1.54, 1.807) is 0 Å². The minimum Gasteiger partial charge on any atom is -0.392 e. The molecule has 0 spiro atoms. The molecule has 0 aromatic rings. The molecule has 2 heteroatoms. The summed E-state index contributed by atoms with van der Waals surface area (Å²) in [5, 5.41) is 10.3. The van der Waals surface area contributed by atoms with Crippen molar-refractivity contribution in [2.24, 2.45) is 11.3 Å². The lowest BCUT2D eigenvalue weighted by Gasteiger charge is -2.34. The van der Waals surface area contributed by atoms with Crippen molar-refractivity contribution in [3.05, 3.63) is 0 Å². The average Bonchev–Trinajstić information content (AvgIpc) is 2.69. The van der Waals surface area contributed by atoms with Gasteiger partial charge in [0.2, 0.25) is 0 Å². The number of rotatable bonds is 6. The Labute approximate surface area is 94.0 Å². The van der Waals surface area contributed by atoms with E-state index in [1.165, 1.54) is 19.3 Å².